The average molecular weight is 266 g/mol. The lowest BCUT2D eigenvalue weighted by Gasteiger charge is -2.34. The molecule has 0 aromatic heterocycles. The Morgan fingerprint density at radius 1 is 1.42 bits per heavy atom. The molecular weight excluding hydrogens is 240 g/mol. The highest BCUT2D eigenvalue weighted by atomic mass is 16.5. The molecule has 1 amide bonds. The third-order valence-electron chi connectivity index (χ3n) is 4.82. The van der Waals surface area contributed by atoms with Gasteiger partial charge in [0.15, 0.2) is 0 Å². The Morgan fingerprint density at radius 2 is 2.21 bits per heavy atom. The summed E-state index contributed by atoms with van der Waals surface area (Å²) in [5.41, 5.74) is 0. The van der Waals surface area contributed by atoms with Crippen molar-refractivity contribution in [3.05, 3.63) is 0 Å². The molecule has 3 heterocycles. The number of carbonyl (C=O) groups is 1. The molecule has 108 valence electrons. The van der Waals surface area contributed by atoms with Gasteiger partial charge in [-0.1, -0.05) is 20.8 Å². The number of nitrogens with zero attached hydrogens (tertiary/aromatic N) is 1. The van der Waals surface area contributed by atoms with E-state index in [4.69, 9.17) is 4.74 Å². The van der Waals surface area contributed by atoms with Gasteiger partial charge in [-0.05, 0) is 38.0 Å². The first kappa shape index (κ1) is 13.4. The van der Waals surface area contributed by atoms with Crippen LogP contribution >= 0.6 is 0 Å². The first-order chi connectivity index (χ1) is 9.10. The third-order valence-corrected chi connectivity index (χ3v) is 4.82. The lowest BCUT2D eigenvalue weighted by molar-refractivity contribution is -0.133. The molecule has 3 aliphatic heterocycles. The highest BCUT2D eigenvalue weighted by Crippen LogP contribution is 2.39. The van der Waals surface area contributed by atoms with Crippen molar-refractivity contribution in [1.29, 1.82) is 0 Å². The van der Waals surface area contributed by atoms with Crippen LogP contribution in [-0.4, -0.2) is 41.3 Å². The Labute approximate surface area is 115 Å². The van der Waals surface area contributed by atoms with Gasteiger partial charge in [-0.25, -0.2) is 0 Å². The van der Waals surface area contributed by atoms with E-state index in [1.165, 1.54) is 6.42 Å². The summed E-state index contributed by atoms with van der Waals surface area (Å²) in [6, 6.07) is 0.335. The van der Waals surface area contributed by atoms with Crippen molar-refractivity contribution >= 4 is 5.91 Å². The Balaban J connectivity index is 1.77. The molecule has 5 atom stereocenters. The molecule has 5 unspecified atom stereocenters. The molecule has 2 bridgehead atoms. The van der Waals surface area contributed by atoms with Crippen molar-refractivity contribution in [2.24, 2.45) is 5.92 Å². The molecule has 3 saturated heterocycles. The number of carbonyl (C=O) groups excluding carboxylic acids is 1. The first-order valence-electron chi connectivity index (χ1n) is 7.83. The number of amides is 1. The molecular formula is C15H26N2O2. The molecule has 3 fully saturated rings. The van der Waals surface area contributed by atoms with E-state index in [9.17, 15) is 4.79 Å². The van der Waals surface area contributed by atoms with Crippen LogP contribution in [0.4, 0.5) is 0 Å². The predicted octanol–water partition coefficient (Wildman–Crippen LogP) is 1.89. The molecule has 0 spiro atoms. The molecule has 3 aliphatic rings. The number of ether oxygens (including phenoxy) is 1. The summed E-state index contributed by atoms with van der Waals surface area (Å²) in [6.07, 6.45) is 6.19. The minimum Gasteiger partial charge on any atom is -0.373 e. The van der Waals surface area contributed by atoms with Crippen molar-refractivity contribution < 1.29 is 9.53 Å². The molecule has 3 rings (SSSR count). The van der Waals surface area contributed by atoms with Crippen molar-refractivity contribution in [2.45, 2.75) is 83.3 Å². The maximum Gasteiger partial charge on any atom is 0.241 e. The summed E-state index contributed by atoms with van der Waals surface area (Å²) >= 11 is 0. The Hall–Kier alpha value is -0.610. The highest BCUT2D eigenvalue weighted by molar-refractivity contribution is 5.84. The SMILES string of the molecule is CCC1NC(CC(C)C)N(C2CC3CCC2O3)C1=O. The largest absolute Gasteiger partial charge is 0.373 e. The number of fused-ring (bicyclic) bond motifs is 2. The highest BCUT2D eigenvalue weighted by Gasteiger charge is 2.50. The van der Waals surface area contributed by atoms with E-state index in [-0.39, 0.29) is 12.2 Å². The standard InChI is InChI=1S/C15H26N2O2/c1-4-11-15(18)17(14(16-11)7-9(2)3)12-8-10-5-6-13(12)19-10/h9-14,16H,4-8H2,1-3H3. The predicted molar refractivity (Wildman–Crippen MR) is 73.6 cm³/mol. The molecule has 4 heteroatoms. The van der Waals surface area contributed by atoms with Crippen LogP contribution in [0.3, 0.4) is 0 Å². The monoisotopic (exact) mass is 266 g/mol. The zero-order chi connectivity index (χ0) is 13.6. The second-order valence-corrected chi connectivity index (χ2v) is 6.70. The van der Waals surface area contributed by atoms with E-state index in [2.05, 4.69) is 31.0 Å². The second kappa shape index (κ2) is 5.06. The maximum absolute atomic E-state index is 12.6. The zero-order valence-corrected chi connectivity index (χ0v) is 12.3. The van der Waals surface area contributed by atoms with Crippen LogP contribution in [0.1, 0.15) is 52.9 Å². The van der Waals surface area contributed by atoms with E-state index < -0.39 is 0 Å². The topological polar surface area (TPSA) is 41.6 Å². The lowest BCUT2D eigenvalue weighted by atomic mass is 9.93. The van der Waals surface area contributed by atoms with Crippen LogP contribution in [0, 0.1) is 5.92 Å². The average Bonchev–Trinajstić information content (AvgIpc) is 3.02. The van der Waals surface area contributed by atoms with Crippen LogP contribution in [0.5, 0.6) is 0 Å². The van der Waals surface area contributed by atoms with E-state index in [1.54, 1.807) is 0 Å². The maximum atomic E-state index is 12.6. The van der Waals surface area contributed by atoms with E-state index >= 15 is 0 Å². The quantitative estimate of drug-likeness (QED) is 0.845. The zero-order valence-electron chi connectivity index (χ0n) is 12.3. The lowest BCUT2D eigenvalue weighted by Crippen LogP contribution is -2.49. The van der Waals surface area contributed by atoms with Crippen LogP contribution in [0.25, 0.3) is 0 Å². The number of rotatable bonds is 4. The fraction of sp³-hybridized carbons (Fsp3) is 0.933. The molecule has 0 saturated carbocycles. The van der Waals surface area contributed by atoms with E-state index in [0.29, 0.717) is 30.1 Å². The second-order valence-electron chi connectivity index (χ2n) is 6.70. The Morgan fingerprint density at radius 3 is 2.74 bits per heavy atom. The first-order valence-corrected chi connectivity index (χ1v) is 7.83. The van der Waals surface area contributed by atoms with E-state index in [0.717, 1.165) is 25.7 Å². The number of nitrogens with one attached hydrogen (secondary N) is 1. The van der Waals surface area contributed by atoms with Crippen LogP contribution in [-0.2, 0) is 9.53 Å². The molecule has 19 heavy (non-hydrogen) atoms. The molecule has 4 nitrogen and oxygen atoms in total. The van der Waals surface area contributed by atoms with Gasteiger partial charge in [-0.2, -0.15) is 0 Å². The van der Waals surface area contributed by atoms with Gasteiger partial charge >= 0.3 is 0 Å². The minimum atomic E-state index is 0.0166. The van der Waals surface area contributed by atoms with Crippen LogP contribution < -0.4 is 5.32 Å². The van der Waals surface area contributed by atoms with Gasteiger partial charge < -0.3 is 9.64 Å². The van der Waals surface area contributed by atoms with Gasteiger partial charge in [-0.15, -0.1) is 0 Å². The summed E-state index contributed by atoms with van der Waals surface area (Å²) in [5, 5.41) is 3.53. The van der Waals surface area contributed by atoms with Gasteiger partial charge in [0.05, 0.1) is 30.5 Å². The fourth-order valence-electron chi connectivity index (χ4n) is 3.94. The summed E-state index contributed by atoms with van der Waals surface area (Å²) in [7, 11) is 0. The van der Waals surface area contributed by atoms with Crippen molar-refractivity contribution in [3.63, 3.8) is 0 Å². The Kier molecular flexibility index (Phi) is 3.56. The fourth-order valence-corrected chi connectivity index (χ4v) is 3.94. The molecule has 0 aliphatic carbocycles. The normalized spacial score (nSPS) is 41.8. The smallest absolute Gasteiger partial charge is 0.241 e. The number of hydrogen-bond donors (Lipinski definition) is 1. The van der Waals surface area contributed by atoms with Crippen molar-refractivity contribution in [2.75, 3.05) is 0 Å². The van der Waals surface area contributed by atoms with E-state index in [1.807, 2.05) is 0 Å². The van der Waals surface area contributed by atoms with Crippen LogP contribution in [0.2, 0.25) is 0 Å². The van der Waals surface area contributed by atoms with Gasteiger partial charge in [0, 0.05) is 0 Å². The van der Waals surface area contributed by atoms with Gasteiger partial charge in [0.1, 0.15) is 0 Å². The Bertz CT molecular complexity index is 358. The van der Waals surface area contributed by atoms with Crippen LogP contribution in [0.15, 0.2) is 0 Å². The minimum absolute atomic E-state index is 0.0166. The summed E-state index contributed by atoms with van der Waals surface area (Å²) < 4.78 is 5.95. The van der Waals surface area contributed by atoms with Gasteiger partial charge in [-0.3, -0.25) is 10.1 Å². The van der Waals surface area contributed by atoms with Crippen molar-refractivity contribution in [3.8, 4) is 0 Å². The third kappa shape index (κ3) is 2.29. The van der Waals surface area contributed by atoms with Crippen molar-refractivity contribution in [1.82, 2.24) is 10.2 Å². The summed E-state index contributed by atoms with van der Waals surface area (Å²) in [6.45, 7) is 6.53. The number of hydrogen-bond acceptors (Lipinski definition) is 3. The van der Waals surface area contributed by atoms with Gasteiger partial charge in [0.2, 0.25) is 5.91 Å². The molecule has 0 radical (unpaired) electrons. The molecule has 0 aromatic carbocycles. The molecule has 0 aromatic rings. The summed E-state index contributed by atoms with van der Waals surface area (Å²) in [4.78, 5) is 14.7. The van der Waals surface area contributed by atoms with Gasteiger partial charge in [0.25, 0.3) is 0 Å². The summed E-state index contributed by atoms with van der Waals surface area (Å²) in [5.74, 6) is 0.900. The molecule has 1 N–H and O–H groups in total.